The minimum Gasteiger partial charge on any atom is -0.496 e. The number of thiophene rings is 1. The number of methoxy groups -OCH3 is 1. The Morgan fingerprint density at radius 3 is 2.93 bits per heavy atom. The normalized spacial score (nSPS) is 10.4. The third-order valence-electron chi connectivity index (χ3n) is 2.06. The number of fused-ring (bicyclic) bond motifs is 1. The van der Waals surface area contributed by atoms with Crippen LogP contribution in [0.4, 0.5) is 0 Å². The summed E-state index contributed by atoms with van der Waals surface area (Å²) in [6.07, 6.45) is 0.824. The Morgan fingerprint density at radius 1 is 1.50 bits per heavy atom. The third kappa shape index (κ3) is 1.31. The molecule has 2 nitrogen and oxygen atoms in total. The van der Waals surface area contributed by atoms with Gasteiger partial charge in [-0.1, -0.05) is 0 Å². The zero-order valence-electron chi connectivity index (χ0n) is 7.48. The summed E-state index contributed by atoms with van der Waals surface area (Å²) in [6.45, 7) is 0. The fourth-order valence-corrected chi connectivity index (χ4v) is 2.74. The van der Waals surface area contributed by atoms with Crippen molar-refractivity contribution >= 4 is 40.3 Å². The molecule has 0 aliphatic heterocycles. The maximum absolute atomic E-state index is 10.9. The summed E-state index contributed by atoms with van der Waals surface area (Å²) in [5.74, 6) is 0.614. The molecule has 0 saturated carbocycles. The van der Waals surface area contributed by atoms with Crippen LogP contribution < -0.4 is 4.74 Å². The highest BCUT2D eigenvalue weighted by molar-refractivity contribution is 7.80. The number of carbonyl (C=O) groups is 1. The molecule has 0 N–H and O–H groups in total. The van der Waals surface area contributed by atoms with E-state index in [-0.39, 0.29) is 0 Å². The number of hydrogen-bond donors (Lipinski definition) is 1. The number of benzene rings is 1. The molecule has 14 heavy (non-hydrogen) atoms. The van der Waals surface area contributed by atoms with Crippen molar-refractivity contribution in [3.05, 3.63) is 23.1 Å². The predicted octanol–water partition coefficient (Wildman–Crippen LogP) is 3.01. The Bertz CT molecular complexity index is 488. The van der Waals surface area contributed by atoms with E-state index in [9.17, 15) is 4.79 Å². The van der Waals surface area contributed by atoms with Crippen molar-refractivity contribution in [3.63, 3.8) is 0 Å². The van der Waals surface area contributed by atoms with E-state index < -0.39 is 0 Å². The molecule has 0 amide bonds. The topological polar surface area (TPSA) is 26.3 Å². The third-order valence-corrected chi connectivity index (χ3v) is 3.63. The van der Waals surface area contributed by atoms with Crippen LogP contribution in [0, 0.1) is 0 Å². The molecule has 1 heterocycles. The van der Waals surface area contributed by atoms with Crippen LogP contribution in [0.25, 0.3) is 10.1 Å². The monoisotopic (exact) mass is 224 g/mol. The van der Waals surface area contributed by atoms with Gasteiger partial charge in [-0.25, -0.2) is 0 Å². The van der Waals surface area contributed by atoms with Crippen LogP contribution in [0.5, 0.6) is 5.75 Å². The molecule has 0 bridgehead atoms. The van der Waals surface area contributed by atoms with Crippen LogP contribution >= 0.6 is 24.0 Å². The number of thiol groups is 1. The molecular formula is C10H8O2S2. The lowest BCUT2D eigenvalue weighted by atomic mass is 10.1. The van der Waals surface area contributed by atoms with Crippen molar-refractivity contribution < 1.29 is 9.53 Å². The van der Waals surface area contributed by atoms with Gasteiger partial charge in [0, 0.05) is 20.4 Å². The summed E-state index contributed by atoms with van der Waals surface area (Å²) in [6, 6.07) is 3.71. The molecule has 2 rings (SSSR count). The number of aldehydes is 1. The highest BCUT2D eigenvalue weighted by Gasteiger charge is 2.10. The Kier molecular flexibility index (Phi) is 2.48. The van der Waals surface area contributed by atoms with Crippen LogP contribution in [0.15, 0.2) is 22.4 Å². The quantitative estimate of drug-likeness (QED) is 0.627. The average Bonchev–Trinajstić information content (AvgIpc) is 2.59. The van der Waals surface area contributed by atoms with Crippen LogP contribution in [0.1, 0.15) is 10.4 Å². The van der Waals surface area contributed by atoms with E-state index in [0.717, 1.165) is 21.3 Å². The molecule has 4 heteroatoms. The number of rotatable bonds is 2. The Labute approximate surface area is 90.9 Å². The SMILES string of the molecule is COc1ccc2c(S)csc2c1C=O. The molecule has 0 saturated heterocycles. The molecule has 0 aliphatic carbocycles. The molecule has 2 aromatic rings. The van der Waals surface area contributed by atoms with E-state index in [1.807, 2.05) is 11.4 Å². The first kappa shape index (κ1) is 9.55. The summed E-state index contributed by atoms with van der Waals surface area (Å²) in [4.78, 5) is 11.8. The second kappa shape index (κ2) is 3.63. The lowest BCUT2D eigenvalue weighted by molar-refractivity contribution is 0.112. The predicted molar refractivity (Wildman–Crippen MR) is 61.0 cm³/mol. The van der Waals surface area contributed by atoms with Gasteiger partial charge in [0.05, 0.1) is 12.7 Å². The Morgan fingerprint density at radius 2 is 2.29 bits per heavy atom. The van der Waals surface area contributed by atoms with Crippen molar-refractivity contribution in [2.75, 3.05) is 7.11 Å². The van der Waals surface area contributed by atoms with Crippen molar-refractivity contribution in [1.29, 1.82) is 0 Å². The minimum atomic E-state index is 0.607. The second-order valence-electron chi connectivity index (χ2n) is 2.80. The Balaban J connectivity index is 2.84. The molecule has 0 fully saturated rings. The van der Waals surface area contributed by atoms with Gasteiger partial charge >= 0.3 is 0 Å². The fraction of sp³-hybridized carbons (Fsp3) is 0.100. The summed E-state index contributed by atoms with van der Waals surface area (Å²) in [5.41, 5.74) is 0.607. The average molecular weight is 224 g/mol. The van der Waals surface area contributed by atoms with Gasteiger partial charge in [0.2, 0.25) is 0 Å². The molecule has 1 aromatic heterocycles. The fourth-order valence-electron chi connectivity index (χ4n) is 1.38. The largest absolute Gasteiger partial charge is 0.496 e. The lowest BCUT2D eigenvalue weighted by Crippen LogP contribution is -1.89. The van der Waals surface area contributed by atoms with Crippen LogP contribution in [0.2, 0.25) is 0 Å². The standard InChI is InChI=1S/C10H8O2S2/c1-12-8-3-2-6-9(13)5-14-10(6)7(8)4-11/h2-5,13H,1H3. The van der Waals surface area contributed by atoms with Crippen LogP contribution in [-0.4, -0.2) is 13.4 Å². The van der Waals surface area contributed by atoms with Gasteiger partial charge in [-0.3, -0.25) is 4.79 Å². The van der Waals surface area contributed by atoms with E-state index in [0.29, 0.717) is 11.3 Å². The molecule has 1 aromatic carbocycles. The summed E-state index contributed by atoms with van der Waals surface area (Å²) >= 11 is 5.81. The molecule has 0 unspecified atom stereocenters. The highest BCUT2D eigenvalue weighted by Crippen LogP contribution is 2.34. The smallest absolute Gasteiger partial charge is 0.155 e. The molecule has 0 radical (unpaired) electrons. The van der Waals surface area contributed by atoms with Crippen LogP contribution in [-0.2, 0) is 0 Å². The Hall–Kier alpha value is -1.00. The van der Waals surface area contributed by atoms with Crippen molar-refractivity contribution in [2.24, 2.45) is 0 Å². The summed E-state index contributed by atoms with van der Waals surface area (Å²) in [5, 5.41) is 2.92. The maximum atomic E-state index is 10.9. The first-order chi connectivity index (χ1) is 6.77. The van der Waals surface area contributed by atoms with Crippen molar-refractivity contribution in [1.82, 2.24) is 0 Å². The van der Waals surface area contributed by atoms with E-state index in [1.54, 1.807) is 13.2 Å². The van der Waals surface area contributed by atoms with Gasteiger partial charge in [0.25, 0.3) is 0 Å². The zero-order valence-corrected chi connectivity index (χ0v) is 9.19. The maximum Gasteiger partial charge on any atom is 0.155 e. The molecule has 0 spiro atoms. The zero-order chi connectivity index (χ0) is 10.1. The molecule has 0 aliphatic rings. The van der Waals surface area contributed by atoms with Gasteiger partial charge in [-0.05, 0) is 12.1 Å². The van der Waals surface area contributed by atoms with Gasteiger partial charge in [0.1, 0.15) is 5.75 Å². The van der Waals surface area contributed by atoms with E-state index >= 15 is 0 Å². The van der Waals surface area contributed by atoms with Crippen LogP contribution in [0.3, 0.4) is 0 Å². The number of hydrogen-bond acceptors (Lipinski definition) is 4. The first-order valence-corrected chi connectivity index (χ1v) is 5.33. The minimum absolute atomic E-state index is 0.607. The van der Waals surface area contributed by atoms with Gasteiger partial charge < -0.3 is 4.74 Å². The van der Waals surface area contributed by atoms with E-state index in [2.05, 4.69) is 12.6 Å². The first-order valence-electron chi connectivity index (χ1n) is 4.00. The van der Waals surface area contributed by atoms with Gasteiger partial charge in [-0.15, -0.1) is 24.0 Å². The molecule has 0 atom stereocenters. The molecule has 72 valence electrons. The van der Waals surface area contributed by atoms with Gasteiger partial charge in [0.15, 0.2) is 6.29 Å². The second-order valence-corrected chi connectivity index (χ2v) is 4.16. The molecular weight excluding hydrogens is 216 g/mol. The highest BCUT2D eigenvalue weighted by atomic mass is 32.1. The number of carbonyl (C=O) groups excluding carboxylic acids is 1. The van der Waals surface area contributed by atoms with Crippen molar-refractivity contribution in [2.45, 2.75) is 4.90 Å². The van der Waals surface area contributed by atoms with E-state index in [4.69, 9.17) is 4.74 Å². The summed E-state index contributed by atoms with van der Waals surface area (Å²) < 4.78 is 6.04. The number of ether oxygens (including phenoxy) is 1. The summed E-state index contributed by atoms with van der Waals surface area (Å²) in [7, 11) is 1.56. The lowest BCUT2D eigenvalue weighted by Gasteiger charge is -2.03. The van der Waals surface area contributed by atoms with Gasteiger partial charge in [-0.2, -0.15) is 0 Å². The van der Waals surface area contributed by atoms with Crippen molar-refractivity contribution in [3.8, 4) is 5.75 Å². The van der Waals surface area contributed by atoms with E-state index in [1.165, 1.54) is 11.3 Å².